The molecule has 0 spiro atoms. The monoisotopic (exact) mass is 218 g/mol. The van der Waals surface area contributed by atoms with Crippen molar-refractivity contribution < 1.29 is 9.13 Å². The first-order chi connectivity index (χ1) is 5.91. The molecule has 0 bridgehead atoms. The number of hydrogen-bond acceptors (Lipinski definition) is 2. The second-order valence-electron chi connectivity index (χ2n) is 2.90. The van der Waals surface area contributed by atoms with Gasteiger partial charge in [-0.3, -0.25) is 11.0 Å². The molecule has 0 heterocycles. The zero-order chi connectivity index (χ0) is 10.1. The van der Waals surface area contributed by atoms with Gasteiger partial charge in [0.05, 0.1) is 0 Å². The van der Waals surface area contributed by atoms with Crippen LogP contribution in [0.5, 0.6) is 0 Å². The van der Waals surface area contributed by atoms with Crippen molar-refractivity contribution in [3.05, 3.63) is 24.3 Å². The highest BCUT2D eigenvalue weighted by atomic mass is 31.2. The molecule has 4 nitrogen and oxygen atoms in total. The molecule has 0 fully saturated rings. The van der Waals surface area contributed by atoms with Crippen LogP contribution in [0, 0.1) is 0 Å². The molecular weight excluding hydrogens is 206 g/mol. The molecule has 0 saturated heterocycles. The normalized spacial score (nSPS) is 17.8. The molecule has 72 valence electrons. The highest BCUT2D eigenvalue weighted by Gasteiger charge is 2.10. The van der Waals surface area contributed by atoms with E-state index in [1.54, 1.807) is 24.3 Å². The van der Waals surface area contributed by atoms with Crippen molar-refractivity contribution >= 4 is 25.9 Å². The lowest BCUT2D eigenvalue weighted by Crippen LogP contribution is -2.13. The van der Waals surface area contributed by atoms with Crippen molar-refractivity contribution in [3.8, 4) is 0 Å². The largest absolute Gasteiger partial charge is 0.305 e. The van der Waals surface area contributed by atoms with Gasteiger partial charge >= 0.3 is 0 Å². The second kappa shape index (κ2) is 3.77. The van der Waals surface area contributed by atoms with Gasteiger partial charge in [0.1, 0.15) is 0 Å². The van der Waals surface area contributed by atoms with Gasteiger partial charge in [-0.15, -0.1) is 0 Å². The summed E-state index contributed by atoms with van der Waals surface area (Å²) in [5.41, 5.74) is 10.7. The third-order valence-corrected chi connectivity index (χ3v) is 3.89. The van der Waals surface area contributed by atoms with Gasteiger partial charge in [-0.25, -0.2) is 0 Å². The Kier molecular flexibility index (Phi) is 3.09. The van der Waals surface area contributed by atoms with Gasteiger partial charge in [0.25, 0.3) is 0 Å². The van der Waals surface area contributed by atoms with Crippen LogP contribution in [0.25, 0.3) is 0 Å². The van der Waals surface area contributed by atoms with Crippen LogP contribution in [0.3, 0.4) is 0 Å². The van der Waals surface area contributed by atoms with Crippen molar-refractivity contribution in [2.45, 2.75) is 0 Å². The molecule has 2 unspecified atom stereocenters. The van der Waals surface area contributed by atoms with Gasteiger partial charge in [-0.1, -0.05) is 0 Å². The minimum absolute atomic E-state index is 0.569. The third-order valence-electron chi connectivity index (χ3n) is 1.66. The Balaban J connectivity index is 3.08. The lowest BCUT2D eigenvalue weighted by molar-refractivity contribution is 0.585. The fraction of sp³-hybridized carbons (Fsp3) is 0.143. The van der Waals surface area contributed by atoms with Crippen LogP contribution < -0.4 is 21.6 Å². The quantitative estimate of drug-likeness (QED) is 0.696. The molecule has 0 aliphatic heterocycles. The third kappa shape index (κ3) is 2.78. The summed E-state index contributed by atoms with van der Waals surface area (Å²) in [6.07, 6.45) is 0. The van der Waals surface area contributed by atoms with E-state index in [4.69, 9.17) is 11.0 Å². The fourth-order valence-electron chi connectivity index (χ4n) is 0.922. The van der Waals surface area contributed by atoms with Crippen LogP contribution >= 0.6 is 15.2 Å². The number of benzene rings is 1. The number of nitrogens with two attached hydrogens (primary N) is 2. The summed E-state index contributed by atoms with van der Waals surface area (Å²) in [5.74, 6) is 0. The first-order valence-corrected chi connectivity index (χ1v) is 7.38. The first-order valence-electron chi connectivity index (χ1n) is 3.68. The topological polar surface area (TPSA) is 86.2 Å². The maximum absolute atomic E-state index is 11.4. The predicted molar refractivity (Wildman–Crippen MR) is 56.6 cm³/mol. The summed E-state index contributed by atoms with van der Waals surface area (Å²) < 4.78 is 22.2. The number of hydrogen-bond donors (Lipinski definition) is 2. The molecule has 0 amide bonds. The van der Waals surface area contributed by atoms with Crippen molar-refractivity contribution in [2.75, 3.05) is 6.66 Å². The van der Waals surface area contributed by atoms with E-state index in [9.17, 15) is 9.13 Å². The Morgan fingerprint density at radius 3 is 2.08 bits per heavy atom. The van der Waals surface area contributed by atoms with Crippen LogP contribution in [0.1, 0.15) is 0 Å². The highest BCUT2D eigenvalue weighted by molar-refractivity contribution is 7.68. The van der Waals surface area contributed by atoms with E-state index in [0.717, 1.165) is 0 Å². The minimum Gasteiger partial charge on any atom is -0.305 e. The molecule has 13 heavy (non-hydrogen) atoms. The van der Waals surface area contributed by atoms with E-state index in [1.807, 2.05) is 0 Å². The van der Waals surface area contributed by atoms with Gasteiger partial charge in [0.2, 0.25) is 0 Å². The Morgan fingerprint density at radius 1 is 1.31 bits per heavy atom. The zero-order valence-corrected chi connectivity index (χ0v) is 9.12. The van der Waals surface area contributed by atoms with Crippen LogP contribution in [0.4, 0.5) is 0 Å². The fourth-order valence-corrected chi connectivity index (χ4v) is 2.16. The van der Waals surface area contributed by atoms with Crippen molar-refractivity contribution in [3.63, 3.8) is 0 Å². The van der Waals surface area contributed by atoms with E-state index >= 15 is 0 Å². The van der Waals surface area contributed by atoms with E-state index in [0.29, 0.717) is 10.6 Å². The van der Waals surface area contributed by atoms with Crippen molar-refractivity contribution in [1.82, 2.24) is 0 Å². The van der Waals surface area contributed by atoms with Gasteiger partial charge in [0, 0.05) is 17.3 Å². The lowest BCUT2D eigenvalue weighted by atomic mass is 10.4. The van der Waals surface area contributed by atoms with Gasteiger partial charge < -0.3 is 9.13 Å². The standard InChI is InChI=1S/C7H12N2O2P2/c1-13(9,11)7-4-2-6(3-5-7)12(8)10/h2-5,12H,1H3,(H2,8,10)(H2,9,11). The molecule has 0 saturated carbocycles. The second-order valence-corrected chi connectivity index (χ2v) is 6.70. The Bertz CT molecular complexity index is 369. The molecule has 2 atom stereocenters. The van der Waals surface area contributed by atoms with E-state index in [-0.39, 0.29) is 0 Å². The molecular formula is C7H12N2O2P2. The average Bonchev–Trinajstić information content (AvgIpc) is 2.03. The zero-order valence-electron chi connectivity index (χ0n) is 7.23. The maximum atomic E-state index is 11.4. The van der Waals surface area contributed by atoms with Gasteiger partial charge in [-0.2, -0.15) is 0 Å². The lowest BCUT2D eigenvalue weighted by Gasteiger charge is -2.06. The van der Waals surface area contributed by atoms with Crippen molar-refractivity contribution in [2.24, 2.45) is 11.0 Å². The maximum Gasteiger partial charge on any atom is 0.170 e. The van der Waals surface area contributed by atoms with E-state index in [2.05, 4.69) is 0 Å². The number of rotatable bonds is 2. The molecule has 1 rings (SSSR count). The summed E-state index contributed by atoms with van der Waals surface area (Å²) in [6.45, 7) is 1.48. The molecule has 0 aliphatic rings. The summed E-state index contributed by atoms with van der Waals surface area (Å²) in [7, 11) is -4.85. The SMILES string of the molecule is CP(N)(=O)c1ccc([PH](N)=O)cc1. The van der Waals surface area contributed by atoms with Crippen LogP contribution in [0.15, 0.2) is 24.3 Å². The molecule has 0 radical (unpaired) electrons. The summed E-state index contributed by atoms with van der Waals surface area (Å²) in [5, 5.41) is 1.14. The Hall–Kier alpha value is -0.400. The highest BCUT2D eigenvalue weighted by Crippen LogP contribution is 2.28. The molecule has 1 aromatic rings. The summed E-state index contributed by atoms with van der Waals surface area (Å²) in [6, 6.07) is 6.40. The van der Waals surface area contributed by atoms with Crippen molar-refractivity contribution in [1.29, 1.82) is 0 Å². The molecule has 6 heteroatoms. The van der Waals surface area contributed by atoms with Crippen LogP contribution in [0.2, 0.25) is 0 Å². The van der Waals surface area contributed by atoms with Crippen LogP contribution in [-0.4, -0.2) is 6.66 Å². The van der Waals surface area contributed by atoms with Gasteiger partial charge in [0.15, 0.2) is 15.2 Å². The Morgan fingerprint density at radius 2 is 1.77 bits per heavy atom. The predicted octanol–water partition coefficient (Wildman–Crippen LogP) is 0.237. The average molecular weight is 218 g/mol. The summed E-state index contributed by atoms with van der Waals surface area (Å²) >= 11 is 0. The van der Waals surface area contributed by atoms with E-state index in [1.165, 1.54) is 6.66 Å². The van der Waals surface area contributed by atoms with Crippen LogP contribution in [-0.2, 0) is 9.13 Å². The minimum atomic E-state index is -2.70. The molecule has 1 aromatic carbocycles. The molecule has 0 aliphatic carbocycles. The molecule has 0 aromatic heterocycles. The summed E-state index contributed by atoms with van der Waals surface area (Å²) in [4.78, 5) is 0. The Labute approximate surface area is 77.6 Å². The smallest absolute Gasteiger partial charge is 0.170 e. The van der Waals surface area contributed by atoms with E-state index < -0.39 is 15.2 Å². The first kappa shape index (κ1) is 10.7. The van der Waals surface area contributed by atoms with Gasteiger partial charge in [-0.05, 0) is 24.3 Å². The molecule has 4 N–H and O–H groups in total.